The number of fused-ring (bicyclic) bond motifs is 1. The van der Waals surface area contributed by atoms with Crippen molar-refractivity contribution in [2.45, 2.75) is 39.3 Å². The van der Waals surface area contributed by atoms with Crippen LogP contribution in [0.1, 0.15) is 43.1 Å². The van der Waals surface area contributed by atoms with Crippen LogP contribution in [0.5, 0.6) is 5.88 Å². The number of urea groups is 1. The first-order valence-corrected chi connectivity index (χ1v) is 11.9. The monoisotopic (exact) mass is 479 g/mol. The van der Waals surface area contributed by atoms with Crippen molar-refractivity contribution >= 4 is 11.9 Å². The predicted molar refractivity (Wildman–Crippen MR) is 132 cm³/mol. The molecule has 0 spiro atoms. The summed E-state index contributed by atoms with van der Waals surface area (Å²) in [5, 5.41) is 21.9. The zero-order chi connectivity index (χ0) is 25.5. The minimum Gasteiger partial charge on any atom is -0.472 e. The number of nitriles is 1. The number of amides is 3. The van der Waals surface area contributed by atoms with Crippen LogP contribution in [0.4, 0.5) is 4.79 Å². The van der Waals surface area contributed by atoms with E-state index in [0.717, 1.165) is 12.0 Å². The molecule has 1 aliphatic rings. The molecule has 0 saturated carbocycles. The third kappa shape index (κ3) is 6.08. The van der Waals surface area contributed by atoms with Gasteiger partial charge in [-0.1, -0.05) is 26.0 Å². The molecule has 35 heavy (non-hydrogen) atoms. The number of pyridine rings is 1. The second kappa shape index (κ2) is 11.7. The largest absolute Gasteiger partial charge is 0.472 e. The van der Waals surface area contributed by atoms with E-state index in [-0.39, 0.29) is 35.9 Å². The van der Waals surface area contributed by atoms with Crippen molar-refractivity contribution in [1.29, 1.82) is 5.26 Å². The van der Waals surface area contributed by atoms with Crippen molar-refractivity contribution in [1.82, 2.24) is 20.1 Å². The van der Waals surface area contributed by atoms with Gasteiger partial charge in [0.1, 0.15) is 11.7 Å². The summed E-state index contributed by atoms with van der Waals surface area (Å²) >= 11 is 0. The average Bonchev–Trinajstić information content (AvgIpc) is 2.88. The van der Waals surface area contributed by atoms with E-state index in [0.29, 0.717) is 30.8 Å². The maximum atomic E-state index is 13.6. The number of hydrogen-bond acceptors (Lipinski definition) is 6. The highest BCUT2D eigenvalue weighted by atomic mass is 16.5. The van der Waals surface area contributed by atoms with Gasteiger partial charge in [-0.2, -0.15) is 5.26 Å². The van der Waals surface area contributed by atoms with Gasteiger partial charge in [-0.25, -0.2) is 9.78 Å². The number of carbonyl (C=O) groups excluding carboxylic acids is 2. The lowest BCUT2D eigenvalue weighted by Gasteiger charge is -2.37. The highest BCUT2D eigenvalue weighted by molar-refractivity contribution is 5.98. The third-order valence-corrected chi connectivity index (χ3v) is 6.17. The van der Waals surface area contributed by atoms with Crippen molar-refractivity contribution in [3.63, 3.8) is 0 Å². The highest BCUT2D eigenvalue weighted by Crippen LogP contribution is 2.30. The molecule has 2 N–H and O–H groups in total. The number of ether oxygens (including phenoxy) is 1. The maximum Gasteiger partial charge on any atom is 0.317 e. The molecule has 0 bridgehead atoms. The summed E-state index contributed by atoms with van der Waals surface area (Å²) < 4.78 is 6.25. The molecule has 0 radical (unpaired) electrons. The van der Waals surface area contributed by atoms with Gasteiger partial charge in [0.2, 0.25) is 5.88 Å². The first-order chi connectivity index (χ1) is 16.8. The van der Waals surface area contributed by atoms with Crippen LogP contribution in [0.3, 0.4) is 0 Å². The van der Waals surface area contributed by atoms with E-state index in [2.05, 4.69) is 16.4 Å². The van der Waals surface area contributed by atoms with Gasteiger partial charge < -0.3 is 25.0 Å². The molecule has 3 rings (SSSR count). The quantitative estimate of drug-likeness (QED) is 0.630. The Kier molecular flexibility index (Phi) is 8.66. The number of aliphatic hydroxyl groups excluding tert-OH is 1. The molecular weight excluding hydrogens is 446 g/mol. The fourth-order valence-corrected chi connectivity index (χ4v) is 3.97. The van der Waals surface area contributed by atoms with Gasteiger partial charge in [0.25, 0.3) is 5.91 Å². The van der Waals surface area contributed by atoms with E-state index < -0.39 is 12.1 Å². The Morgan fingerprint density at radius 3 is 2.86 bits per heavy atom. The minimum absolute atomic E-state index is 0.128. The van der Waals surface area contributed by atoms with Crippen LogP contribution in [0.15, 0.2) is 36.5 Å². The summed E-state index contributed by atoms with van der Waals surface area (Å²) in [6.07, 6.45) is 2.03. The molecule has 186 valence electrons. The van der Waals surface area contributed by atoms with Crippen LogP contribution >= 0.6 is 0 Å². The van der Waals surface area contributed by atoms with E-state index in [1.807, 2.05) is 19.9 Å². The van der Waals surface area contributed by atoms with Gasteiger partial charge in [0, 0.05) is 37.8 Å². The zero-order valence-electron chi connectivity index (χ0n) is 20.7. The Labute approximate surface area is 206 Å². The number of nitrogens with zero attached hydrogens (tertiary/aromatic N) is 4. The topological polar surface area (TPSA) is 119 Å². The molecule has 3 atom stereocenters. The fourth-order valence-electron chi connectivity index (χ4n) is 3.97. The highest BCUT2D eigenvalue weighted by Gasteiger charge is 2.34. The molecule has 9 nitrogen and oxygen atoms in total. The standard InChI is InChI=1S/C26H33N5O4/c1-5-9-28-26(34)30(4)15-23-17(2)14-31(18(3)16-32)25(33)22-11-21(13-29-24(22)35-23)20-8-6-7-19(10-20)12-27/h6-8,10-11,13,17-18,23,32H,5,9,14-16H2,1-4H3,(H,28,34)/t17-,18-,23+/m1/s1. The Bertz CT molecular complexity index is 1100. The summed E-state index contributed by atoms with van der Waals surface area (Å²) in [7, 11) is 1.71. The normalized spacial score (nSPS) is 18.4. The Hall–Kier alpha value is -3.64. The molecule has 1 aromatic carbocycles. The zero-order valence-corrected chi connectivity index (χ0v) is 20.7. The van der Waals surface area contributed by atoms with Gasteiger partial charge in [-0.05, 0) is 37.1 Å². The third-order valence-electron chi connectivity index (χ3n) is 6.17. The number of benzene rings is 1. The fraction of sp³-hybridized carbons (Fsp3) is 0.462. The van der Waals surface area contributed by atoms with Crippen LogP contribution in [0.25, 0.3) is 11.1 Å². The molecule has 2 aromatic rings. The molecule has 0 aliphatic carbocycles. The van der Waals surface area contributed by atoms with Gasteiger partial charge in [0.15, 0.2) is 0 Å². The molecule has 0 fully saturated rings. The van der Waals surface area contributed by atoms with Gasteiger partial charge >= 0.3 is 6.03 Å². The van der Waals surface area contributed by atoms with Gasteiger partial charge in [-0.15, -0.1) is 0 Å². The van der Waals surface area contributed by atoms with E-state index in [1.54, 1.807) is 54.2 Å². The summed E-state index contributed by atoms with van der Waals surface area (Å²) in [6, 6.07) is 10.3. The van der Waals surface area contributed by atoms with Crippen LogP contribution in [0.2, 0.25) is 0 Å². The SMILES string of the molecule is CCCNC(=O)N(C)C[C@@H]1Oc2ncc(-c3cccc(C#N)c3)cc2C(=O)N([C@H](C)CO)C[C@H]1C. The summed E-state index contributed by atoms with van der Waals surface area (Å²) in [4.78, 5) is 33.7. The second-order valence-corrected chi connectivity index (χ2v) is 9.00. The van der Waals surface area contributed by atoms with E-state index in [1.165, 1.54) is 0 Å². The minimum atomic E-state index is -0.423. The molecule has 0 saturated heterocycles. The molecule has 9 heteroatoms. The number of aromatic nitrogens is 1. The molecule has 1 aromatic heterocycles. The van der Waals surface area contributed by atoms with E-state index in [9.17, 15) is 20.0 Å². The van der Waals surface area contributed by atoms with Crippen molar-refractivity contribution in [3.8, 4) is 23.1 Å². The van der Waals surface area contributed by atoms with Crippen LogP contribution in [0, 0.1) is 17.2 Å². The molecule has 1 aliphatic heterocycles. The maximum absolute atomic E-state index is 13.6. The molecule has 3 amide bonds. The summed E-state index contributed by atoms with van der Waals surface area (Å²) in [5.74, 6) is -0.229. The first-order valence-electron chi connectivity index (χ1n) is 11.9. The Morgan fingerprint density at radius 2 is 2.17 bits per heavy atom. The van der Waals surface area contributed by atoms with Crippen LogP contribution in [-0.2, 0) is 0 Å². The summed E-state index contributed by atoms with van der Waals surface area (Å²) in [6.45, 7) is 6.79. The number of aliphatic hydroxyl groups is 1. The van der Waals surface area contributed by atoms with Gasteiger partial charge in [-0.3, -0.25) is 4.79 Å². The van der Waals surface area contributed by atoms with Crippen molar-refractivity contribution in [2.75, 3.05) is 33.3 Å². The predicted octanol–water partition coefficient (Wildman–Crippen LogP) is 2.89. The molecule has 2 heterocycles. The van der Waals surface area contributed by atoms with Crippen LogP contribution in [-0.4, -0.2) is 77.3 Å². The number of hydrogen-bond donors (Lipinski definition) is 2. The molecule has 0 unspecified atom stereocenters. The smallest absolute Gasteiger partial charge is 0.317 e. The number of likely N-dealkylation sites (N-methyl/N-ethyl adjacent to an activating group) is 1. The van der Waals surface area contributed by atoms with E-state index >= 15 is 0 Å². The lowest BCUT2D eigenvalue weighted by molar-refractivity contribution is 0.0352. The van der Waals surface area contributed by atoms with Crippen molar-refractivity contribution in [3.05, 3.63) is 47.7 Å². The molecular formula is C26H33N5O4. The first kappa shape index (κ1) is 26.0. The number of carbonyl (C=O) groups is 2. The van der Waals surface area contributed by atoms with Gasteiger partial charge in [0.05, 0.1) is 30.8 Å². The second-order valence-electron chi connectivity index (χ2n) is 9.00. The lowest BCUT2D eigenvalue weighted by atomic mass is 9.99. The number of rotatable bonds is 7. The summed E-state index contributed by atoms with van der Waals surface area (Å²) in [5.41, 5.74) is 2.22. The lowest BCUT2D eigenvalue weighted by Crippen LogP contribution is -2.51. The number of nitrogens with one attached hydrogen (secondary N) is 1. The van der Waals surface area contributed by atoms with Crippen LogP contribution < -0.4 is 10.1 Å². The van der Waals surface area contributed by atoms with E-state index in [4.69, 9.17) is 4.74 Å². The van der Waals surface area contributed by atoms with Crippen molar-refractivity contribution in [2.24, 2.45) is 5.92 Å². The Morgan fingerprint density at radius 1 is 1.40 bits per heavy atom. The van der Waals surface area contributed by atoms with Crippen molar-refractivity contribution < 1.29 is 19.4 Å². The Balaban J connectivity index is 1.99. The average molecular weight is 480 g/mol.